The zero-order valence-corrected chi connectivity index (χ0v) is 11.1. The van der Waals surface area contributed by atoms with Crippen LogP contribution < -0.4 is 5.46 Å². The molecule has 17 heavy (non-hydrogen) atoms. The zero-order valence-electron chi connectivity index (χ0n) is 9.50. The lowest BCUT2D eigenvalue weighted by molar-refractivity contribution is 1.51. The van der Waals surface area contributed by atoms with Gasteiger partial charge in [0.2, 0.25) is 0 Å². The minimum Gasteiger partial charge on any atom is -0.0812 e. The Morgan fingerprint density at radius 1 is 0.882 bits per heavy atom. The molecule has 0 amide bonds. The lowest BCUT2D eigenvalue weighted by atomic mass is 9.84. The largest absolute Gasteiger partial charge is 0.115 e. The van der Waals surface area contributed by atoms with E-state index in [1.807, 2.05) is 12.1 Å². The first-order valence-corrected chi connectivity index (χ1v) is 6.34. The van der Waals surface area contributed by atoms with Crippen LogP contribution in [-0.2, 0) is 0 Å². The molecule has 0 aliphatic carbocycles. The normalized spacial score (nSPS) is 11.2. The molecule has 0 saturated heterocycles. The van der Waals surface area contributed by atoms with Crippen molar-refractivity contribution < 1.29 is 0 Å². The first-order chi connectivity index (χ1) is 8.18. The molecule has 2 heteroatoms. The van der Waals surface area contributed by atoms with Gasteiger partial charge in [0.25, 0.3) is 0 Å². The van der Waals surface area contributed by atoms with Crippen molar-refractivity contribution >= 4 is 50.8 Å². The van der Waals surface area contributed by atoms with E-state index >= 15 is 0 Å². The SMILES string of the molecule is [B]c1c2ccccc2c(Br)c2ccc(C)cc12. The molecule has 0 aliphatic rings. The van der Waals surface area contributed by atoms with E-state index in [-0.39, 0.29) is 0 Å². The number of benzene rings is 3. The van der Waals surface area contributed by atoms with Crippen molar-refractivity contribution in [2.45, 2.75) is 6.92 Å². The summed E-state index contributed by atoms with van der Waals surface area (Å²) in [5.74, 6) is 0. The van der Waals surface area contributed by atoms with Crippen molar-refractivity contribution in [1.29, 1.82) is 0 Å². The first kappa shape index (κ1) is 10.9. The Balaban J connectivity index is 2.63. The van der Waals surface area contributed by atoms with Gasteiger partial charge in [-0.05, 0) is 44.4 Å². The van der Waals surface area contributed by atoms with E-state index in [9.17, 15) is 0 Å². The maximum atomic E-state index is 6.27. The summed E-state index contributed by atoms with van der Waals surface area (Å²) in [6, 6.07) is 14.6. The van der Waals surface area contributed by atoms with E-state index < -0.39 is 0 Å². The first-order valence-electron chi connectivity index (χ1n) is 5.54. The summed E-state index contributed by atoms with van der Waals surface area (Å²) < 4.78 is 1.12. The van der Waals surface area contributed by atoms with Crippen molar-refractivity contribution in [2.24, 2.45) is 0 Å². The molecule has 0 aromatic heterocycles. The molecule has 3 aromatic carbocycles. The van der Waals surface area contributed by atoms with Gasteiger partial charge in [0.1, 0.15) is 7.85 Å². The Kier molecular flexibility index (Phi) is 2.48. The average Bonchev–Trinajstić information content (AvgIpc) is 2.36. The summed E-state index contributed by atoms with van der Waals surface area (Å²) >= 11 is 3.69. The predicted octanol–water partition coefficient (Wildman–Crippen LogP) is 3.86. The molecule has 0 fully saturated rings. The van der Waals surface area contributed by atoms with Crippen LogP contribution in [0.2, 0.25) is 0 Å². The number of fused-ring (bicyclic) bond motifs is 2. The summed E-state index contributed by atoms with van der Waals surface area (Å²) in [5.41, 5.74) is 2.09. The molecule has 3 rings (SSSR count). The maximum absolute atomic E-state index is 6.27. The molecule has 0 aliphatic heterocycles. The van der Waals surface area contributed by atoms with Crippen LogP contribution in [0, 0.1) is 6.92 Å². The predicted molar refractivity (Wildman–Crippen MR) is 79.3 cm³/mol. The molecule has 0 saturated carbocycles. The average molecular weight is 281 g/mol. The molecule has 0 heterocycles. The quantitative estimate of drug-likeness (QED) is 0.433. The minimum atomic E-state index is 0.863. The molecule has 0 unspecified atom stereocenters. The molecule has 0 bridgehead atoms. The van der Waals surface area contributed by atoms with E-state index in [0.29, 0.717) is 0 Å². The van der Waals surface area contributed by atoms with E-state index in [1.54, 1.807) is 0 Å². The van der Waals surface area contributed by atoms with Crippen LogP contribution >= 0.6 is 15.9 Å². The van der Waals surface area contributed by atoms with E-state index in [2.05, 4.69) is 53.2 Å². The molecule has 0 atom stereocenters. The highest BCUT2D eigenvalue weighted by Gasteiger charge is 2.08. The van der Waals surface area contributed by atoms with Crippen LogP contribution in [0.5, 0.6) is 0 Å². The second-order valence-corrected chi connectivity index (χ2v) is 5.12. The number of hydrogen-bond acceptors (Lipinski definition) is 0. The van der Waals surface area contributed by atoms with Crippen molar-refractivity contribution in [3.8, 4) is 0 Å². The fourth-order valence-electron chi connectivity index (χ4n) is 2.27. The summed E-state index contributed by atoms with van der Waals surface area (Å²) in [7, 11) is 6.27. The van der Waals surface area contributed by atoms with Crippen LogP contribution in [0.15, 0.2) is 46.9 Å². The van der Waals surface area contributed by atoms with Crippen molar-refractivity contribution in [3.05, 3.63) is 52.5 Å². The van der Waals surface area contributed by atoms with Crippen molar-refractivity contribution in [3.63, 3.8) is 0 Å². The van der Waals surface area contributed by atoms with Gasteiger partial charge in [0.15, 0.2) is 0 Å². The van der Waals surface area contributed by atoms with Gasteiger partial charge in [-0.25, -0.2) is 0 Å². The Hall–Kier alpha value is -1.28. The third-order valence-electron chi connectivity index (χ3n) is 3.16. The lowest BCUT2D eigenvalue weighted by Crippen LogP contribution is -2.06. The van der Waals surface area contributed by atoms with Gasteiger partial charge in [-0.1, -0.05) is 53.5 Å². The number of rotatable bonds is 0. The lowest BCUT2D eigenvalue weighted by Gasteiger charge is -2.11. The molecule has 2 radical (unpaired) electrons. The van der Waals surface area contributed by atoms with Crippen LogP contribution in [0.25, 0.3) is 21.5 Å². The zero-order chi connectivity index (χ0) is 12.0. The Morgan fingerprint density at radius 3 is 2.29 bits per heavy atom. The highest BCUT2D eigenvalue weighted by molar-refractivity contribution is 9.10. The van der Waals surface area contributed by atoms with Gasteiger partial charge in [-0.15, -0.1) is 0 Å². The highest BCUT2D eigenvalue weighted by Crippen LogP contribution is 2.31. The van der Waals surface area contributed by atoms with Gasteiger partial charge >= 0.3 is 0 Å². The van der Waals surface area contributed by atoms with Crippen LogP contribution in [0.1, 0.15) is 5.56 Å². The molecule has 80 valence electrons. The summed E-state index contributed by atoms with van der Waals surface area (Å²) in [4.78, 5) is 0. The summed E-state index contributed by atoms with van der Waals surface area (Å²) in [6.07, 6.45) is 0. The van der Waals surface area contributed by atoms with E-state index in [4.69, 9.17) is 7.85 Å². The Labute approximate surface area is 110 Å². The number of halogens is 1. The summed E-state index contributed by atoms with van der Waals surface area (Å²) in [5, 5.41) is 4.57. The minimum absolute atomic E-state index is 0.863. The molecule has 0 nitrogen and oxygen atoms in total. The molecule has 0 N–H and O–H groups in total. The maximum Gasteiger partial charge on any atom is 0.115 e. The molecular weight excluding hydrogens is 271 g/mol. The molecule has 0 spiro atoms. The molecular formula is C15H10BBr. The Morgan fingerprint density at radius 2 is 1.53 bits per heavy atom. The van der Waals surface area contributed by atoms with Gasteiger partial charge in [0, 0.05) is 4.47 Å². The topological polar surface area (TPSA) is 0 Å². The third-order valence-corrected chi connectivity index (χ3v) is 4.01. The van der Waals surface area contributed by atoms with Gasteiger partial charge in [-0.3, -0.25) is 0 Å². The van der Waals surface area contributed by atoms with Crippen LogP contribution in [-0.4, -0.2) is 7.85 Å². The summed E-state index contributed by atoms with van der Waals surface area (Å²) in [6.45, 7) is 2.09. The highest BCUT2D eigenvalue weighted by atomic mass is 79.9. The fourth-order valence-corrected chi connectivity index (χ4v) is 2.96. The van der Waals surface area contributed by atoms with E-state index in [1.165, 1.54) is 16.3 Å². The van der Waals surface area contributed by atoms with Crippen LogP contribution in [0.4, 0.5) is 0 Å². The van der Waals surface area contributed by atoms with Gasteiger partial charge in [-0.2, -0.15) is 0 Å². The van der Waals surface area contributed by atoms with E-state index in [0.717, 1.165) is 20.7 Å². The molecule has 3 aromatic rings. The van der Waals surface area contributed by atoms with Crippen molar-refractivity contribution in [2.75, 3.05) is 0 Å². The smallest absolute Gasteiger partial charge is 0.0812 e. The second-order valence-electron chi connectivity index (χ2n) is 4.32. The Bertz CT molecular complexity index is 732. The van der Waals surface area contributed by atoms with Crippen LogP contribution in [0.3, 0.4) is 0 Å². The number of hydrogen-bond donors (Lipinski definition) is 0. The second kappa shape index (κ2) is 3.88. The standard InChI is InChI=1S/C15H10BBr/c1-9-6-7-12-13(8-9)14(16)10-4-2-3-5-11(10)15(12)17/h2-8H,1H3. The van der Waals surface area contributed by atoms with Gasteiger partial charge in [0.05, 0.1) is 0 Å². The number of aryl methyl sites for hydroxylation is 1. The third kappa shape index (κ3) is 1.59. The monoisotopic (exact) mass is 280 g/mol. The van der Waals surface area contributed by atoms with Crippen molar-refractivity contribution in [1.82, 2.24) is 0 Å². The van der Waals surface area contributed by atoms with Gasteiger partial charge < -0.3 is 0 Å². The fraction of sp³-hybridized carbons (Fsp3) is 0.0667.